The Morgan fingerprint density at radius 1 is 1.33 bits per heavy atom. The second-order valence-electron chi connectivity index (χ2n) is 3.15. The van der Waals surface area contributed by atoms with E-state index < -0.39 is 11.9 Å². The van der Waals surface area contributed by atoms with Crippen LogP contribution in [0.2, 0.25) is 0 Å². The highest BCUT2D eigenvalue weighted by atomic mass is 32.2. The molecule has 0 aliphatic heterocycles. The van der Waals surface area contributed by atoms with E-state index in [2.05, 4.69) is 5.32 Å². The van der Waals surface area contributed by atoms with Gasteiger partial charge in [0, 0.05) is 17.6 Å². The van der Waals surface area contributed by atoms with Crippen molar-refractivity contribution >= 4 is 17.4 Å². The molecule has 1 N–H and O–H groups in total. The van der Waals surface area contributed by atoms with Crippen molar-refractivity contribution < 1.29 is 13.2 Å². The Morgan fingerprint density at radius 2 is 2.00 bits per heavy atom. The van der Waals surface area contributed by atoms with Crippen LogP contribution < -0.4 is 5.32 Å². The minimum atomic E-state index is -4.13. The molecule has 0 aliphatic carbocycles. The van der Waals surface area contributed by atoms with Crippen LogP contribution in [0.15, 0.2) is 23.1 Å². The summed E-state index contributed by atoms with van der Waals surface area (Å²) < 4.78 is 36.1. The van der Waals surface area contributed by atoms with Crippen molar-refractivity contribution in [1.82, 2.24) is 0 Å². The summed E-state index contributed by atoms with van der Waals surface area (Å²) in [6.45, 7) is 1.86. The molecule has 0 aromatic heterocycles. The number of anilines is 1. The van der Waals surface area contributed by atoms with Crippen LogP contribution in [0.1, 0.15) is 5.56 Å². The number of hydrogen-bond donors (Lipinski definition) is 1. The van der Waals surface area contributed by atoms with Gasteiger partial charge in [0.25, 0.3) is 0 Å². The third kappa shape index (κ3) is 4.03. The van der Waals surface area contributed by atoms with E-state index in [-0.39, 0.29) is 0 Å². The molecule has 15 heavy (non-hydrogen) atoms. The fourth-order valence-corrected chi connectivity index (χ4v) is 2.03. The largest absolute Gasteiger partial charge is 0.398 e. The maximum atomic E-state index is 12.0. The maximum absolute atomic E-state index is 12.0. The number of rotatable bonds is 3. The number of halogens is 3. The first-order chi connectivity index (χ1) is 6.92. The van der Waals surface area contributed by atoms with Gasteiger partial charge in [-0.2, -0.15) is 13.2 Å². The monoisotopic (exact) mass is 235 g/mol. The van der Waals surface area contributed by atoms with Gasteiger partial charge in [0.1, 0.15) is 0 Å². The molecule has 0 aliphatic rings. The van der Waals surface area contributed by atoms with Gasteiger partial charge in [-0.25, -0.2) is 0 Å². The van der Waals surface area contributed by atoms with Gasteiger partial charge in [-0.3, -0.25) is 0 Å². The minimum Gasteiger partial charge on any atom is -0.387 e. The lowest BCUT2D eigenvalue weighted by molar-refractivity contribution is -0.105. The number of aryl methyl sites for hydroxylation is 1. The fraction of sp³-hybridized carbons (Fsp3) is 0.400. The summed E-state index contributed by atoms with van der Waals surface area (Å²) in [6, 6.07) is 5.40. The van der Waals surface area contributed by atoms with E-state index in [4.69, 9.17) is 0 Å². The molecule has 0 heterocycles. The number of alkyl halides is 3. The zero-order valence-corrected chi connectivity index (χ0v) is 9.30. The Morgan fingerprint density at radius 3 is 2.53 bits per heavy atom. The smallest absolute Gasteiger partial charge is 0.387 e. The van der Waals surface area contributed by atoms with Gasteiger partial charge in [0.05, 0.1) is 5.75 Å². The molecule has 0 unspecified atom stereocenters. The topological polar surface area (TPSA) is 12.0 Å². The molecule has 0 saturated carbocycles. The molecule has 0 fully saturated rings. The van der Waals surface area contributed by atoms with Crippen LogP contribution in [-0.2, 0) is 0 Å². The van der Waals surface area contributed by atoms with Crippen molar-refractivity contribution in [2.24, 2.45) is 0 Å². The van der Waals surface area contributed by atoms with Crippen LogP contribution in [0.3, 0.4) is 0 Å². The first kappa shape index (κ1) is 12.2. The quantitative estimate of drug-likeness (QED) is 0.802. The molecule has 1 rings (SSSR count). The van der Waals surface area contributed by atoms with E-state index in [9.17, 15) is 13.2 Å². The van der Waals surface area contributed by atoms with Crippen molar-refractivity contribution in [2.75, 3.05) is 18.1 Å². The standard InChI is InChI=1S/C10H12F3NS/c1-7-3-4-8(14-2)9(5-7)15-6-10(11,12)13/h3-5,14H,6H2,1-2H3. The van der Waals surface area contributed by atoms with Gasteiger partial charge in [-0.1, -0.05) is 6.07 Å². The molecule has 0 radical (unpaired) electrons. The predicted octanol–water partition coefficient (Wildman–Crippen LogP) is 3.69. The van der Waals surface area contributed by atoms with E-state index in [1.807, 2.05) is 13.0 Å². The molecule has 5 heteroatoms. The summed E-state index contributed by atoms with van der Waals surface area (Å²) in [5.41, 5.74) is 1.69. The Kier molecular flexibility index (Phi) is 3.90. The van der Waals surface area contributed by atoms with Crippen molar-refractivity contribution in [2.45, 2.75) is 18.0 Å². The van der Waals surface area contributed by atoms with E-state index in [1.54, 1.807) is 19.2 Å². The Bertz CT molecular complexity index is 336. The lowest BCUT2D eigenvalue weighted by Gasteiger charge is -2.11. The number of hydrogen-bond acceptors (Lipinski definition) is 2. The summed E-state index contributed by atoms with van der Waals surface area (Å²) in [4.78, 5) is 0.634. The third-order valence-corrected chi connectivity index (χ3v) is 2.92. The average molecular weight is 235 g/mol. The van der Waals surface area contributed by atoms with Gasteiger partial charge in [0.2, 0.25) is 0 Å². The molecule has 1 nitrogen and oxygen atoms in total. The molecule has 0 spiro atoms. The van der Waals surface area contributed by atoms with Crippen molar-refractivity contribution in [3.8, 4) is 0 Å². The lowest BCUT2D eigenvalue weighted by Crippen LogP contribution is -2.10. The van der Waals surface area contributed by atoms with Gasteiger partial charge < -0.3 is 5.32 Å². The van der Waals surface area contributed by atoms with E-state index >= 15 is 0 Å². The second-order valence-corrected chi connectivity index (χ2v) is 4.17. The summed E-state index contributed by atoms with van der Waals surface area (Å²) in [7, 11) is 1.70. The molecule has 0 bridgehead atoms. The molecule has 84 valence electrons. The number of nitrogens with one attached hydrogen (secondary N) is 1. The SMILES string of the molecule is CNc1ccc(C)cc1SCC(F)(F)F. The number of benzene rings is 1. The van der Waals surface area contributed by atoms with E-state index in [1.165, 1.54) is 0 Å². The lowest BCUT2D eigenvalue weighted by atomic mass is 10.2. The van der Waals surface area contributed by atoms with Gasteiger partial charge in [-0.05, 0) is 24.6 Å². The maximum Gasteiger partial charge on any atom is 0.398 e. The average Bonchev–Trinajstić information content (AvgIpc) is 2.14. The highest BCUT2D eigenvalue weighted by Gasteiger charge is 2.27. The van der Waals surface area contributed by atoms with Crippen LogP contribution in [0, 0.1) is 6.92 Å². The zero-order valence-electron chi connectivity index (χ0n) is 8.48. The summed E-state index contributed by atoms with van der Waals surface area (Å²) >= 11 is 0.805. The highest BCUT2D eigenvalue weighted by molar-refractivity contribution is 7.99. The summed E-state index contributed by atoms with van der Waals surface area (Å²) in [6.07, 6.45) is -4.13. The molecule has 0 amide bonds. The Balaban J connectivity index is 2.79. The van der Waals surface area contributed by atoms with E-state index in [0.29, 0.717) is 4.90 Å². The minimum absolute atomic E-state index is 0.634. The zero-order chi connectivity index (χ0) is 11.5. The highest BCUT2D eigenvalue weighted by Crippen LogP contribution is 2.32. The normalized spacial score (nSPS) is 11.5. The number of thioether (sulfide) groups is 1. The molecular weight excluding hydrogens is 223 g/mol. The third-order valence-electron chi connectivity index (χ3n) is 1.80. The predicted molar refractivity (Wildman–Crippen MR) is 57.5 cm³/mol. The molecule has 0 atom stereocenters. The second kappa shape index (κ2) is 4.79. The van der Waals surface area contributed by atoms with Gasteiger partial charge in [-0.15, -0.1) is 11.8 Å². The Labute approximate surface area is 91.1 Å². The summed E-state index contributed by atoms with van der Waals surface area (Å²) in [5.74, 6) is -0.856. The molecular formula is C10H12F3NS. The van der Waals surface area contributed by atoms with Crippen LogP contribution in [0.5, 0.6) is 0 Å². The van der Waals surface area contributed by atoms with Crippen molar-refractivity contribution in [3.05, 3.63) is 23.8 Å². The van der Waals surface area contributed by atoms with Crippen molar-refractivity contribution in [1.29, 1.82) is 0 Å². The van der Waals surface area contributed by atoms with Crippen LogP contribution >= 0.6 is 11.8 Å². The summed E-state index contributed by atoms with van der Waals surface area (Å²) in [5, 5.41) is 2.87. The molecule has 0 saturated heterocycles. The van der Waals surface area contributed by atoms with Crippen LogP contribution in [0.25, 0.3) is 0 Å². The van der Waals surface area contributed by atoms with Crippen LogP contribution in [-0.4, -0.2) is 19.0 Å². The first-order valence-electron chi connectivity index (χ1n) is 4.40. The van der Waals surface area contributed by atoms with Crippen molar-refractivity contribution in [3.63, 3.8) is 0 Å². The molecule has 1 aromatic rings. The van der Waals surface area contributed by atoms with E-state index in [0.717, 1.165) is 23.0 Å². The Hall–Kier alpha value is -0.840. The van der Waals surface area contributed by atoms with Crippen LogP contribution in [0.4, 0.5) is 18.9 Å². The first-order valence-corrected chi connectivity index (χ1v) is 5.39. The van der Waals surface area contributed by atoms with Gasteiger partial charge >= 0.3 is 6.18 Å². The fourth-order valence-electron chi connectivity index (χ4n) is 1.12. The van der Waals surface area contributed by atoms with Gasteiger partial charge in [0.15, 0.2) is 0 Å². The molecule has 1 aromatic carbocycles.